The van der Waals surface area contributed by atoms with Crippen molar-refractivity contribution in [2.24, 2.45) is 0 Å². The number of benzene rings is 2. The van der Waals surface area contributed by atoms with E-state index in [0.717, 1.165) is 18.2 Å². The molecule has 4 rings (SSSR count). The summed E-state index contributed by atoms with van der Waals surface area (Å²) in [6.45, 7) is 4.67. The van der Waals surface area contributed by atoms with Crippen LogP contribution in [0.2, 0.25) is 0 Å². The number of rotatable bonds is 5. The molecule has 34 heavy (non-hydrogen) atoms. The van der Waals surface area contributed by atoms with Crippen molar-refractivity contribution in [3.05, 3.63) is 65.9 Å². The Kier molecular flexibility index (Phi) is 6.01. The first-order valence-electron chi connectivity index (χ1n) is 10.5. The molecule has 0 fully saturated rings. The number of H-pyrrole nitrogens is 1. The first kappa shape index (κ1) is 23.6. The van der Waals surface area contributed by atoms with Crippen molar-refractivity contribution < 1.29 is 26.3 Å². The molecule has 2 aromatic heterocycles. The zero-order valence-corrected chi connectivity index (χ0v) is 18.2. The molecule has 0 aliphatic heterocycles. The van der Waals surface area contributed by atoms with Crippen LogP contribution in [0.25, 0.3) is 33.7 Å². The van der Waals surface area contributed by atoms with E-state index in [0.29, 0.717) is 35.7 Å². The van der Waals surface area contributed by atoms with Crippen LogP contribution in [0.4, 0.5) is 32.0 Å². The Morgan fingerprint density at radius 2 is 1.50 bits per heavy atom. The van der Waals surface area contributed by atoms with Crippen LogP contribution in [0.1, 0.15) is 25.0 Å². The Morgan fingerprint density at radius 3 is 2.09 bits per heavy atom. The maximum atomic E-state index is 13.5. The van der Waals surface area contributed by atoms with Gasteiger partial charge in [-0.15, -0.1) is 0 Å². The van der Waals surface area contributed by atoms with Crippen molar-refractivity contribution in [2.75, 3.05) is 18.0 Å². The molecule has 0 spiro atoms. The van der Waals surface area contributed by atoms with Crippen LogP contribution in [-0.2, 0) is 12.4 Å². The summed E-state index contributed by atoms with van der Waals surface area (Å²) in [6, 6.07) is 10.4. The number of aromatic amines is 1. The van der Waals surface area contributed by atoms with Gasteiger partial charge in [-0.05, 0) is 38.1 Å². The van der Waals surface area contributed by atoms with Crippen LogP contribution in [-0.4, -0.2) is 28.0 Å². The molecule has 0 aliphatic carbocycles. The standard InChI is InChI=1S/C24H20F6N4/c1-3-34(4-2)19-13-16(23(25,26)27)12-18-21(19)33-22(32-18)15-9-7-14(8-10-15)20-17(24(28,29)30)6-5-11-31-20/h5-13H,3-4H2,1-2H3,(H,32,33). The number of aromatic nitrogens is 3. The highest BCUT2D eigenvalue weighted by atomic mass is 19.4. The third kappa shape index (κ3) is 4.44. The third-order valence-corrected chi connectivity index (χ3v) is 5.54. The molecular formula is C24H20F6N4. The Morgan fingerprint density at radius 1 is 0.853 bits per heavy atom. The molecule has 0 saturated carbocycles. The lowest BCUT2D eigenvalue weighted by atomic mass is 10.0. The van der Waals surface area contributed by atoms with Gasteiger partial charge in [0.15, 0.2) is 0 Å². The van der Waals surface area contributed by atoms with Gasteiger partial charge < -0.3 is 9.88 Å². The fourth-order valence-electron chi connectivity index (χ4n) is 3.86. The van der Waals surface area contributed by atoms with E-state index in [1.165, 1.54) is 24.4 Å². The van der Waals surface area contributed by atoms with Crippen LogP contribution in [0.15, 0.2) is 54.7 Å². The van der Waals surface area contributed by atoms with Gasteiger partial charge in [-0.3, -0.25) is 4.98 Å². The highest BCUT2D eigenvalue weighted by Crippen LogP contribution is 2.38. The van der Waals surface area contributed by atoms with Crippen LogP contribution in [0, 0.1) is 0 Å². The summed E-state index contributed by atoms with van der Waals surface area (Å²) in [4.78, 5) is 13.1. The molecule has 0 unspecified atom stereocenters. The van der Waals surface area contributed by atoms with Crippen molar-refractivity contribution >= 4 is 16.7 Å². The molecule has 178 valence electrons. The molecule has 0 bridgehead atoms. The second kappa shape index (κ2) is 8.66. The first-order valence-corrected chi connectivity index (χ1v) is 10.5. The molecule has 2 heterocycles. The van der Waals surface area contributed by atoms with E-state index < -0.39 is 23.5 Å². The van der Waals surface area contributed by atoms with Gasteiger partial charge in [-0.25, -0.2) is 4.98 Å². The van der Waals surface area contributed by atoms with Gasteiger partial charge in [0.2, 0.25) is 0 Å². The van der Waals surface area contributed by atoms with Gasteiger partial charge in [-0.1, -0.05) is 24.3 Å². The minimum atomic E-state index is -4.56. The number of pyridine rings is 1. The summed E-state index contributed by atoms with van der Waals surface area (Å²) in [5, 5.41) is 0. The van der Waals surface area contributed by atoms with Crippen molar-refractivity contribution in [3.63, 3.8) is 0 Å². The van der Waals surface area contributed by atoms with Crippen LogP contribution in [0.5, 0.6) is 0 Å². The number of imidazole rings is 1. The van der Waals surface area contributed by atoms with E-state index in [1.807, 2.05) is 13.8 Å². The monoisotopic (exact) mass is 478 g/mol. The molecule has 0 atom stereocenters. The number of hydrogen-bond donors (Lipinski definition) is 1. The Balaban J connectivity index is 1.79. The van der Waals surface area contributed by atoms with Gasteiger partial charge in [0.05, 0.1) is 28.0 Å². The summed E-state index contributed by atoms with van der Waals surface area (Å²) in [5.74, 6) is 0.311. The summed E-state index contributed by atoms with van der Waals surface area (Å²) in [7, 11) is 0. The first-order chi connectivity index (χ1) is 16.0. The van der Waals surface area contributed by atoms with Gasteiger partial charge >= 0.3 is 12.4 Å². The average molecular weight is 478 g/mol. The highest BCUT2D eigenvalue weighted by Gasteiger charge is 2.34. The number of halogens is 6. The quantitative estimate of drug-likeness (QED) is 0.309. The van der Waals surface area contributed by atoms with Gasteiger partial charge in [0.1, 0.15) is 11.3 Å². The lowest BCUT2D eigenvalue weighted by Crippen LogP contribution is -2.22. The molecule has 0 aliphatic rings. The molecule has 10 heteroatoms. The largest absolute Gasteiger partial charge is 0.418 e. The van der Waals surface area contributed by atoms with Gasteiger partial charge in [-0.2, -0.15) is 26.3 Å². The summed E-state index contributed by atoms with van der Waals surface area (Å²) in [5.41, 5.74) is -0.0985. The topological polar surface area (TPSA) is 44.8 Å². The second-order valence-corrected chi connectivity index (χ2v) is 7.62. The SMILES string of the molecule is CCN(CC)c1cc(C(F)(F)F)cc2[nH]c(-c3ccc(-c4ncccc4C(F)(F)F)cc3)nc12. The van der Waals surface area contributed by atoms with Crippen molar-refractivity contribution in [3.8, 4) is 22.6 Å². The van der Waals surface area contributed by atoms with E-state index >= 15 is 0 Å². The molecule has 0 saturated heterocycles. The molecular weight excluding hydrogens is 458 g/mol. The fraction of sp³-hybridized carbons (Fsp3) is 0.250. The smallest absolute Gasteiger partial charge is 0.370 e. The van der Waals surface area contributed by atoms with Crippen LogP contribution < -0.4 is 4.90 Å². The second-order valence-electron chi connectivity index (χ2n) is 7.62. The highest BCUT2D eigenvalue weighted by molar-refractivity contribution is 5.92. The lowest BCUT2D eigenvalue weighted by Gasteiger charge is -2.22. The predicted molar refractivity (Wildman–Crippen MR) is 118 cm³/mol. The summed E-state index contributed by atoms with van der Waals surface area (Å²) in [6.07, 6.45) is -7.80. The Bertz CT molecular complexity index is 1300. The molecule has 1 N–H and O–H groups in total. The zero-order valence-electron chi connectivity index (χ0n) is 18.2. The van der Waals surface area contributed by atoms with E-state index in [9.17, 15) is 26.3 Å². The van der Waals surface area contributed by atoms with Gasteiger partial charge in [0, 0.05) is 30.4 Å². The van der Waals surface area contributed by atoms with E-state index in [2.05, 4.69) is 15.0 Å². The number of nitrogens with one attached hydrogen (secondary N) is 1. The number of alkyl halides is 6. The van der Waals surface area contributed by atoms with E-state index in [4.69, 9.17) is 0 Å². The predicted octanol–water partition coefficient (Wildman–Crippen LogP) is 7.18. The van der Waals surface area contributed by atoms with Crippen molar-refractivity contribution in [2.45, 2.75) is 26.2 Å². The Hall–Kier alpha value is -3.56. The minimum Gasteiger partial charge on any atom is -0.370 e. The third-order valence-electron chi connectivity index (χ3n) is 5.54. The number of nitrogens with zero attached hydrogens (tertiary/aromatic N) is 3. The van der Waals surface area contributed by atoms with Crippen LogP contribution >= 0.6 is 0 Å². The normalized spacial score (nSPS) is 12.4. The van der Waals surface area contributed by atoms with Crippen molar-refractivity contribution in [1.82, 2.24) is 15.0 Å². The maximum Gasteiger partial charge on any atom is 0.418 e. The molecule has 2 aromatic carbocycles. The van der Waals surface area contributed by atoms with Crippen LogP contribution in [0.3, 0.4) is 0 Å². The summed E-state index contributed by atoms with van der Waals surface area (Å²) >= 11 is 0. The lowest BCUT2D eigenvalue weighted by molar-refractivity contribution is -0.138. The van der Waals surface area contributed by atoms with Gasteiger partial charge in [0.25, 0.3) is 0 Å². The number of hydrogen-bond acceptors (Lipinski definition) is 3. The zero-order chi connectivity index (χ0) is 24.7. The van der Waals surface area contributed by atoms with E-state index in [-0.39, 0.29) is 16.8 Å². The number of anilines is 1. The fourth-order valence-corrected chi connectivity index (χ4v) is 3.86. The molecule has 4 aromatic rings. The molecule has 4 nitrogen and oxygen atoms in total. The molecule has 0 radical (unpaired) electrons. The Labute approximate surface area is 191 Å². The minimum absolute atomic E-state index is 0.204. The summed E-state index contributed by atoms with van der Waals surface area (Å²) < 4.78 is 80.4. The molecule has 0 amide bonds. The number of fused-ring (bicyclic) bond motifs is 1. The average Bonchev–Trinajstić information content (AvgIpc) is 3.23. The van der Waals surface area contributed by atoms with Crippen molar-refractivity contribution in [1.29, 1.82) is 0 Å². The van der Waals surface area contributed by atoms with E-state index in [1.54, 1.807) is 17.0 Å². The maximum absolute atomic E-state index is 13.5.